The van der Waals surface area contributed by atoms with Gasteiger partial charge in [0.2, 0.25) is 0 Å². The standard InChI is InChI=1S/C15H15FN2O4S/c1-11(22-14-10-6-5-9-13(14)16)15(19)17-18-23(20,21)12-7-3-2-4-8-12/h2-11,18H,1H3,(H,17,19)/t11-/m0/s1. The second-order valence-electron chi connectivity index (χ2n) is 4.60. The number of benzene rings is 2. The number of ether oxygens (including phenoxy) is 1. The summed E-state index contributed by atoms with van der Waals surface area (Å²) in [5.74, 6) is -1.47. The number of hydrazine groups is 1. The molecule has 2 N–H and O–H groups in total. The first-order valence-electron chi connectivity index (χ1n) is 6.68. The fraction of sp³-hybridized carbons (Fsp3) is 0.133. The van der Waals surface area contributed by atoms with Crippen LogP contribution in [-0.2, 0) is 14.8 Å². The van der Waals surface area contributed by atoms with E-state index in [-0.39, 0.29) is 10.6 Å². The van der Waals surface area contributed by atoms with E-state index in [0.717, 1.165) is 0 Å². The first-order valence-corrected chi connectivity index (χ1v) is 8.16. The van der Waals surface area contributed by atoms with Crippen LogP contribution in [0, 0.1) is 5.82 Å². The molecule has 0 saturated heterocycles. The molecule has 23 heavy (non-hydrogen) atoms. The molecule has 1 atom stereocenters. The summed E-state index contributed by atoms with van der Waals surface area (Å²) in [5, 5.41) is 0. The highest BCUT2D eigenvalue weighted by atomic mass is 32.2. The molecule has 0 heterocycles. The summed E-state index contributed by atoms with van der Waals surface area (Å²) in [7, 11) is -3.88. The van der Waals surface area contributed by atoms with Crippen LogP contribution in [0.15, 0.2) is 59.5 Å². The second kappa shape index (κ2) is 7.21. The minimum absolute atomic E-state index is 0.00275. The quantitative estimate of drug-likeness (QED) is 0.784. The third-order valence-electron chi connectivity index (χ3n) is 2.87. The van der Waals surface area contributed by atoms with E-state index in [4.69, 9.17) is 4.74 Å². The van der Waals surface area contributed by atoms with Crippen molar-refractivity contribution in [2.24, 2.45) is 0 Å². The van der Waals surface area contributed by atoms with Crippen molar-refractivity contribution in [1.29, 1.82) is 0 Å². The maximum atomic E-state index is 13.4. The zero-order valence-electron chi connectivity index (χ0n) is 12.2. The molecule has 122 valence electrons. The number of halogens is 1. The predicted octanol–water partition coefficient (Wildman–Crippen LogP) is 1.60. The van der Waals surface area contributed by atoms with E-state index >= 15 is 0 Å². The van der Waals surface area contributed by atoms with Gasteiger partial charge in [0.1, 0.15) is 0 Å². The van der Waals surface area contributed by atoms with E-state index in [1.54, 1.807) is 24.3 Å². The van der Waals surface area contributed by atoms with Crippen molar-refractivity contribution < 1.29 is 22.3 Å². The number of para-hydroxylation sites is 1. The van der Waals surface area contributed by atoms with E-state index in [0.29, 0.717) is 0 Å². The molecule has 0 aliphatic rings. The first kappa shape index (κ1) is 16.9. The Bertz CT molecular complexity index is 781. The molecule has 0 bridgehead atoms. The van der Waals surface area contributed by atoms with Crippen LogP contribution in [-0.4, -0.2) is 20.4 Å². The molecule has 0 unspecified atom stereocenters. The minimum atomic E-state index is -3.88. The zero-order chi connectivity index (χ0) is 16.9. The molecule has 2 aromatic carbocycles. The van der Waals surface area contributed by atoms with Gasteiger partial charge in [0.05, 0.1) is 4.90 Å². The largest absolute Gasteiger partial charge is 0.478 e. The lowest BCUT2D eigenvalue weighted by molar-refractivity contribution is -0.127. The van der Waals surface area contributed by atoms with Crippen LogP contribution in [0.2, 0.25) is 0 Å². The molecule has 1 amide bonds. The van der Waals surface area contributed by atoms with Crippen molar-refractivity contribution in [1.82, 2.24) is 10.3 Å². The topological polar surface area (TPSA) is 84.5 Å². The summed E-state index contributed by atoms with van der Waals surface area (Å²) < 4.78 is 42.5. The van der Waals surface area contributed by atoms with Crippen molar-refractivity contribution in [3.63, 3.8) is 0 Å². The van der Waals surface area contributed by atoms with Crippen LogP contribution in [0.3, 0.4) is 0 Å². The lowest BCUT2D eigenvalue weighted by Crippen LogP contribution is -2.47. The van der Waals surface area contributed by atoms with Crippen molar-refractivity contribution in [2.45, 2.75) is 17.9 Å². The Kier molecular flexibility index (Phi) is 5.30. The first-order chi connectivity index (χ1) is 10.9. The van der Waals surface area contributed by atoms with E-state index in [9.17, 15) is 17.6 Å². The molecule has 8 heteroatoms. The highest BCUT2D eigenvalue weighted by molar-refractivity contribution is 7.89. The number of sulfonamides is 1. The number of rotatable bonds is 6. The Morgan fingerprint density at radius 2 is 1.70 bits per heavy atom. The summed E-state index contributed by atoms with van der Waals surface area (Å²) >= 11 is 0. The van der Waals surface area contributed by atoms with Crippen LogP contribution in [0.25, 0.3) is 0 Å². The number of hydrogen-bond donors (Lipinski definition) is 2. The van der Waals surface area contributed by atoms with Gasteiger partial charge in [-0.15, -0.1) is 4.83 Å². The third kappa shape index (κ3) is 4.51. The number of nitrogens with one attached hydrogen (secondary N) is 2. The van der Waals surface area contributed by atoms with Gasteiger partial charge in [-0.25, -0.2) is 12.8 Å². The van der Waals surface area contributed by atoms with E-state index in [2.05, 4.69) is 0 Å². The molecule has 0 saturated carbocycles. The fourth-order valence-corrected chi connectivity index (χ4v) is 2.53. The summed E-state index contributed by atoms with van der Waals surface area (Å²) in [4.78, 5) is 13.8. The van der Waals surface area contributed by atoms with Crippen LogP contribution >= 0.6 is 0 Å². The van der Waals surface area contributed by atoms with Crippen LogP contribution in [0.5, 0.6) is 5.75 Å². The van der Waals surface area contributed by atoms with E-state index < -0.39 is 27.9 Å². The summed E-state index contributed by atoms with van der Waals surface area (Å²) in [5.41, 5.74) is 2.04. The number of carbonyl (C=O) groups excluding carboxylic acids is 1. The Morgan fingerprint density at radius 3 is 2.35 bits per heavy atom. The van der Waals surface area contributed by atoms with Crippen LogP contribution in [0.1, 0.15) is 6.92 Å². The van der Waals surface area contributed by atoms with Crippen molar-refractivity contribution in [3.8, 4) is 5.75 Å². The van der Waals surface area contributed by atoms with Crippen molar-refractivity contribution in [3.05, 3.63) is 60.4 Å². The Labute approximate surface area is 133 Å². The molecule has 2 aromatic rings. The number of hydrogen-bond acceptors (Lipinski definition) is 4. The highest BCUT2D eigenvalue weighted by Gasteiger charge is 2.19. The number of carbonyl (C=O) groups is 1. The zero-order valence-corrected chi connectivity index (χ0v) is 13.0. The average Bonchev–Trinajstić information content (AvgIpc) is 2.55. The molecule has 0 fully saturated rings. The molecular formula is C15H15FN2O4S. The Hall–Kier alpha value is -2.45. The van der Waals surface area contributed by atoms with Crippen molar-refractivity contribution >= 4 is 15.9 Å². The number of amides is 1. The fourth-order valence-electron chi connectivity index (χ4n) is 1.66. The smallest absolute Gasteiger partial charge is 0.275 e. The van der Waals surface area contributed by atoms with Gasteiger partial charge >= 0.3 is 0 Å². The van der Waals surface area contributed by atoms with Crippen LogP contribution < -0.4 is 15.0 Å². The molecule has 0 spiro atoms. The summed E-state index contributed by atoms with van der Waals surface area (Å²) in [6.07, 6.45) is -1.09. The van der Waals surface area contributed by atoms with Gasteiger partial charge in [-0.2, -0.15) is 0 Å². The SMILES string of the molecule is C[C@H](Oc1ccccc1F)C(=O)NNS(=O)(=O)c1ccccc1. The van der Waals surface area contributed by atoms with Crippen molar-refractivity contribution in [2.75, 3.05) is 0 Å². The van der Waals surface area contributed by atoms with Gasteiger partial charge in [-0.1, -0.05) is 30.3 Å². The maximum Gasteiger partial charge on any atom is 0.275 e. The monoisotopic (exact) mass is 338 g/mol. The third-order valence-corrected chi connectivity index (χ3v) is 4.14. The Morgan fingerprint density at radius 1 is 1.09 bits per heavy atom. The molecular weight excluding hydrogens is 323 g/mol. The van der Waals surface area contributed by atoms with Gasteiger partial charge in [-0.05, 0) is 31.2 Å². The summed E-state index contributed by atoms with van der Waals surface area (Å²) in [6, 6.07) is 13.2. The van der Waals surface area contributed by atoms with Crippen LogP contribution in [0.4, 0.5) is 4.39 Å². The Balaban J connectivity index is 1.96. The lowest BCUT2D eigenvalue weighted by Gasteiger charge is -2.15. The highest BCUT2D eigenvalue weighted by Crippen LogP contribution is 2.16. The molecule has 0 aromatic heterocycles. The van der Waals surface area contributed by atoms with E-state index in [1.165, 1.54) is 37.3 Å². The van der Waals surface area contributed by atoms with E-state index in [1.807, 2.05) is 10.3 Å². The maximum absolute atomic E-state index is 13.4. The van der Waals surface area contributed by atoms with Gasteiger partial charge in [0, 0.05) is 0 Å². The van der Waals surface area contributed by atoms with Gasteiger partial charge in [0.25, 0.3) is 15.9 Å². The van der Waals surface area contributed by atoms with Gasteiger partial charge in [0.15, 0.2) is 17.7 Å². The molecule has 0 radical (unpaired) electrons. The normalized spacial score (nSPS) is 12.4. The molecule has 6 nitrogen and oxygen atoms in total. The van der Waals surface area contributed by atoms with Gasteiger partial charge < -0.3 is 4.74 Å². The average molecular weight is 338 g/mol. The van der Waals surface area contributed by atoms with Gasteiger partial charge in [-0.3, -0.25) is 10.2 Å². The molecule has 0 aliphatic carbocycles. The minimum Gasteiger partial charge on any atom is -0.478 e. The lowest BCUT2D eigenvalue weighted by atomic mass is 10.3. The second-order valence-corrected chi connectivity index (χ2v) is 6.28. The predicted molar refractivity (Wildman–Crippen MR) is 81.4 cm³/mol. The molecule has 2 rings (SSSR count). The molecule has 0 aliphatic heterocycles. The summed E-state index contributed by atoms with van der Waals surface area (Å²) in [6.45, 7) is 1.37.